The number of hydrogen-bond donors (Lipinski definition) is 1. The van der Waals surface area contributed by atoms with Crippen molar-refractivity contribution < 1.29 is 14.1 Å². The molecular weight excluding hydrogens is 424 g/mol. The van der Waals surface area contributed by atoms with Gasteiger partial charge in [0.05, 0.1) is 4.88 Å². The molecule has 1 saturated carbocycles. The van der Waals surface area contributed by atoms with Gasteiger partial charge in [0, 0.05) is 37.5 Å². The van der Waals surface area contributed by atoms with Gasteiger partial charge >= 0.3 is 0 Å². The van der Waals surface area contributed by atoms with Crippen molar-refractivity contribution in [3.8, 4) is 10.7 Å². The van der Waals surface area contributed by atoms with Crippen LogP contribution in [0.1, 0.15) is 47.5 Å². The smallest absolute Gasteiger partial charge is 0.254 e. The Kier molecular flexibility index (Phi) is 6.03. The molecule has 1 aliphatic heterocycles. The van der Waals surface area contributed by atoms with Crippen LogP contribution in [0.25, 0.3) is 10.7 Å². The van der Waals surface area contributed by atoms with E-state index in [1.54, 1.807) is 11.3 Å². The highest BCUT2D eigenvalue weighted by Gasteiger charge is 2.32. The van der Waals surface area contributed by atoms with E-state index in [-0.39, 0.29) is 17.7 Å². The topological polar surface area (TPSA) is 88.3 Å². The van der Waals surface area contributed by atoms with Gasteiger partial charge in [-0.25, -0.2) is 0 Å². The molecule has 0 unspecified atom stereocenters. The molecule has 8 heteroatoms. The summed E-state index contributed by atoms with van der Waals surface area (Å²) in [6, 6.07) is 11.8. The van der Waals surface area contributed by atoms with E-state index in [0.29, 0.717) is 37.1 Å². The average molecular weight is 451 g/mol. The molecule has 1 aromatic carbocycles. The van der Waals surface area contributed by atoms with Gasteiger partial charge in [0.1, 0.15) is 0 Å². The summed E-state index contributed by atoms with van der Waals surface area (Å²) in [4.78, 5) is 32.5. The van der Waals surface area contributed by atoms with E-state index in [9.17, 15) is 9.59 Å². The average Bonchev–Trinajstić information content (AvgIpc) is 3.56. The van der Waals surface area contributed by atoms with E-state index in [0.717, 1.165) is 48.2 Å². The molecule has 1 N–H and O–H groups in total. The van der Waals surface area contributed by atoms with Crippen LogP contribution >= 0.6 is 11.3 Å². The molecule has 166 valence electrons. The van der Waals surface area contributed by atoms with Gasteiger partial charge in [-0.2, -0.15) is 4.98 Å². The van der Waals surface area contributed by atoms with Crippen LogP contribution in [0.2, 0.25) is 0 Å². The summed E-state index contributed by atoms with van der Waals surface area (Å²) in [5.74, 6) is 1.89. The Morgan fingerprint density at radius 3 is 2.78 bits per heavy atom. The van der Waals surface area contributed by atoms with Crippen molar-refractivity contribution in [2.45, 2.75) is 38.6 Å². The second kappa shape index (κ2) is 9.24. The largest absolute Gasteiger partial charge is 0.355 e. The number of nitrogens with one attached hydrogen (secondary N) is 1. The van der Waals surface area contributed by atoms with Gasteiger partial charge in [-0.05, 0) is 54.7 Å². The van der Waals surface area contributed by atoms with Crippen LogP contribution in [0.5, 0.6) is 0 Å². The lowest BCUT2D eigenvalue weighted by atomic mass is 9.81. The maximum Gasteiger partial charge on any atom is 0.254 e. The Labute approximate surface area is 190 Å². The lowest BCUT2D eigenvalue weighted by molar-refractivity contribution is -0.126. The lowest BCUT2D eigenvalue weighted by Crippen LogP contribution is -2.37. The highest BCUT2D eigenvalue weighted by atomic mass is 32.1. The predicted molar refractivity (Wildman–Crippen MR) is 121 cm³/mol. The fourth-order valence-corrected chi connectivity index (χ4v) is 5.33. The molecule has 0 bridgehead atoms. The quantitative estimate of drug-likeness (QED) is 0.589. The maximum absolute atomic E-state index is 12.6. The minimum Gasteiger partial charge on any atom is -0.355 e. The van der Waals surface area contributed by atoms with Crippen LogP contribution in [0.3, 0.4) is 0 Å². The Balaban J connectivity index is 1.04. The monoisotopic (exact) mass is 450 g/mol. The molecule has 7 nitrogen and oxygen atoms in total. The van der Waals surface area contributed by atoms with Gasteiger partial charge in [-0.15, -0.1) is 11.3 Å². The van der Waals surface area contributed by atoms with Gasteiger partial charge in [0.15, 0.2) is 0 Å². The summed E-state index contributed by atoms with van der Waals surface area (Å²) < 4.78 is 5.29. The first-order valence-corrected chi connectivity index (χ1v) is 12.1. The summed E-state index contributed by atoms with van der Waals surface area (Å²) in [5, 5.41) is 9.00. The van der Waals surface area contributed by atoms with Gasteiger partial charge < -0.3 is 14.7 Å². The fourth-order valence-electron chi connectivity index (χ4n) is 4.68. The van der Waals surface area contributed by atoms with Crippen molar-refractivity contribution in [1.82, 2.24) is 20.4 Å². The minimum atomic E-state index is 0.0436. The van der Waals surface area contributed by atoms with E-state index < -0.39 is 0 Å². The van der Waals surface area contributed by atoms with Crippen LogP contribution in [-0.2, 0) is 17.8 Å². The number of rotatable bonds is 7. The lowest BCUT2D eigenvalue weighted by Gasteiger charge is -2.30. The molecule has 32 heavy (non-hydrogen) atoms. The van der Waals surface area contributed by atoms with Gasteiger partial charge in [-0.1, -0.05) is 29.4 Å². The van der Waals surface area contributed by atoms with E-state index in [1.165, 1.54) is 0 Å². The van der Waals surface area contributed by atoms with Crippen molar-refractivity contribution in [3.63, 3.8) is 0 Å². The Bertz CT molecular complexity index is 1090. The second-order valence-corrected chi connectivity index (χ2v) is 9.54. The molecule has 1 aliphatic carbocycles. The highest BCUT2D eigenvalue weighted by molar-refractivity contribution is 7.13. The molecule has 3 heterocycles. The maximum atomic E-state index is 12.6. The number of fused-ring (bicyclic) bond motifs is 1. The first-order valence-electron chi connectivity index (χ1n) is 11.2. The Hall–Kier alpha value is -3.00. The summed E-state index contributed by atoms with van der Waals surface area (Å²) in [6.07, 6.45) is 4.22. The number of benzene rings is 1. The number of amides is 2. The van der Waals surface area contributed by atoms with Crippen molar-refractivity contribution in [2.75, 3.05) is 13.1 Å². The van der Waals surface area contributed by atoms with E-state index in [1.807, 2.05) is 46.7 Å². The normalized spacial score (nSPS) is 20.4. The number of carbonyl (C=O) groups excluding carboxylic acids is 2. The molecule has 1 fully saturated rings. The molecule has 2 aromatic heterocycles. The zero-order valence-electron chi connectivity index (χ0n) is 17.8. The summed E-state index contributed by atoms with van der Waals surface area (Å²) in [6.45, 7) is 1.98. The SMILES string of the molecule is O=C(NCCc1nc(-c2cccs2)no1)C1CCC(CN2Cc3ccccc3C2=O)CC1. The van der Waals surface area contributed by atoms with Crippen LogP contribution in [0.4, 0.5) is 0 Å². The molecule has 0 saturated heterocycles. The summed E-state index contributed by atoms with van der Waals surface area (Å²) in [7, 11) is 0. The molecular formula is C24H26N4O3S. The van der Waals surface area contributed by atoms with Gasteiger partial charge in [-0.3, -0.25) is 9.59 Å². The standard InChI is InChI=1S/C24H26N4O3S/c29-23(25-12-11-21-26-22(27-31-21)20-6-3-13-32-20)17-9-7-16(8-10-17)14-28-15-18-4-1-2-5-19(18)24(28)30/h1-6,13,16-17H,7-12,14-15H2,(H,25,29). The number of thiophene rings is 1. The Morgan fingerprint density at radius 1 is 1.16 bits per heavy atom. The number of aromatic nitrogens is 2. The van der Waals surface area contributed by atoms with Crippen molar-refractivity contribution in [1.29, 1.82) is 0 Å². The zero-order valence-corrected chi connectivity index (χ0v) is 18.6. The molecule has 0 spiro atoms. The third-order valence-corrected chi connectivity index (χ3v) is 7.31. The van der Waals surface area contributed by atoms with Crippen LogP contribution in [0, 0.1) is 11.8 Å². The highest BCUT2D eigenvalue weighted by Crippen LogP contribution is 2.32. The summed E-state index contributed by atoms with van der Waals surface area (Å²) in [5.41, 5.74) is 1.96. The summed E-state index contributed by atoms with van der Waals surface area (Å²) >= 11 is 1.57. The fraction of sp³-hybridized carbons (Fsp3) is 0.417. The molecule has 0 atom stereocenters. The van der Waals surface area contributed by atoms with Crippen LogP contribution < -0.4 is 5.32 Å². The van der Waals surface area contributed by atoms with E-state index >= 15 is 0 Å². The zero-order chi connectivity index (χ0) is 21.9. The van der Waals surface area contributed by atoms with Gasteiger partial charge in [0.25, 0.3) is 5.91 Å². The van der Waals surface area contributed by atoms with Crippen molar-refractivity contribution >= 4 is 23.2 Å². The predicted octanol–water partition coefficient (Wildman–Crippen LogP) is 3.92. The third kappa shape index (κ3) is 4.46. The molecule has 3 aromatic rings. The first-order chi connectivity index (χ1) is 15.7. The van der Waals surface area contributed by atoms with E-state index in [4.69, 9.17) is 4.52 Å². The van der Waals surface area contributed by atoms with Crippen LogP contribution in [0.15, 0.2) is 46.3 Å². The van der Waals surface area contributed by atoms with Gasteiger partial charge in [0.2, 0.25) is 17.6 Å². The molecule has 2 aliphatic rings. The number of nitrogens with zero attached hydrogens (tertiary/aromatic N) is 3. The van der Waals surface area contributed by atoms with Crippen LogP contribution in [-0.4, -0.2) is 39.9 Å². The number of hydrogen-bond acceptors (Lipinski definition) is 6. The first kappa shape index (κ1) is 20.9. The molecule has 0 radical (unpaired) electrons. The molecule has 5 rings (SSSR count). The minimum absolute atomic E-state index is 0.0436. The van der Waals surface area contributed by atoms with E-state index in [2.05, 4.69) is 15.5 Å². The molecule has 2 amide bonds. The third-order valence-electron chi connectivity index (χ3n) is 6.44. The Morgan fingerprint density at radius 2 is 2.00 bits per heavy atom. The van der Waals surface area contributed by atoms with Crippen molar-refractivity contribution in [3.05, 3.63) is 58.8 Å². The number of carbonyl (C=O) groups is 2. The second-order valence-electron chi connectivity index (χ2n) is 8.59. The van der Waals surface area contributed by atoms with Crippen molar-refractivity contribution in [2.24, 2.45) is 11.8 Å².